The van der Waals surface area contributed by atoms with Crippen LogP contribution in [0, 0.1) is 17.8 Å². The van der Waals surface area contributed by atoms with Gasteiger partial charge < -0.3 is 10.2 Å². The number of nitrogens with zero attached hydrogens (tertiary/aromatic N) is 1. The first-order valence-electron chi connectivity index (χ1n) is 7.82. The van der Waals surface area contributed by atoms with Crippen molar-refractivity contribution in [2.24, 2.45) is 17.8 Å². The Hall–Kier alpha value is -0.830. The first-order valence-corrected chi connectivity index (χ1v) is 7.82. The molecule has 0 bridgehead atoms. The summed E-state index contributed by atoms with van der Waals surface area (Å²) in [5, 5.41) is 3.26. The maximum Gasteiger partial charge on any atom is 0.226 e. The van der Waals surface area contributed by atoms with Crippen LogP contribution in [-0.4, -0.2) is 37.0 Å². The fourth-order valence-corrected chi connectivity index (χ4v) is 3.25. The van der Waals surface area contributed by atoms with Gasteiger partial charge in [-0.2, -0.15) is 0 Å². The minimum absolute atomic E-state index is 0.157. The molecule has 1 saturated carbocycles. The minimum Gasteiger partial charge on any atom is -0.338 e. The van der Waals surface area contributed by atoms with Crippen LogP contribution in [0.4, 0.5) is 0 Å². The fourth-order valence-electron chi connectivity index (χ4n) is 3.25. The Bertz CT molecular complexity index is 306. The zero-order chi connectivity index (χ0) is 13.7. The Labute approximate surface area is 117 Å². The second kappa shape index (κ2) is 7.09. The summed E-state index contributed by atoms with van der Waals surface area (Å²) in [5.74, 6) is 1.73. The topological polar surface area (TPSA) is 32.3 Å². The van der Waals surface area contributed by atoms with Gasteiger partial charge in [0.25, 0.3) is 0 Å². The standard InChI is InChI=1S/C16H28N2O/c1-3-9-18(12-14-7-5-4-6-8-14)16(19)13(2)15-10-17-11-15/h3,13-15,17H,1,4-12H2,2H3. The molecule has 0 aromatic carbocycles. The summed E-state index contributed by atoms with van der Waals surface area (Å²) >= 11 is 0. The molecule has 0 aromatic rings. The van der Waals surface area contributed by atoms with Crippen LogP contribution in [-0.2, 0) is 4.79 Å². The molecule has 1 unspecified atom stereocenters. The van der Waals surface area contributed by atoms with Crippen molar-refractivity contribution in [3.63, 3.8) is 0 Å². The lowest BCUT2D eigenvalue weighted by atomic mass is 9.86. The zero-order valence-electron chi connectivity index (χ0n) is 12.2. The lowest BCUT2D eigenvalue weighted by Crippen LogP contribution is -2.51. The van der Waals surface area contributed by atoms with Gasteiger partial charge >= 0.3 is 0 Å². The van der Waals surface area contributed by atoms with Crippen LogP contribution in [0.15, 0.2) is 12.7 Å². The van der Waals surface area contributed by atoms with E-state index in [1.807, 2.05) is 11.0 Å². The lowest BCUT2D eigenvalue weighted by Gasteiger charge is -2.36. The average molecular weight is 264 g/mol. The van der Waals surface area contributed by atoms with Gasteiger partial charge in [0.2, 0.25) is 5.91 Å². The average Bonchev–Trinajstić information content (AvgIpc) is 2.36. The number of amides is 1. The molecule has 3 heteroatoms. The quantitative estimate of drug-likeness (QED) is 0.747. The largest absolute Gasteiger partial charge is 0.338 e. The molecule has 0 radical (unpaired) electrons. The fraction of sp³-hybridized carbons (Fsp3) is 0.812. The lowest BCUT2D eigenvalue weighted by molar-refractivity contribution is -0.137. The summed E-state index contributed by atoms with van der Waals surface area (Å²) in [6.45, 7) is 9.54. The van der Waals surface area contributed by atoms with Gasteiger partial charge in [-0.3, -0.25) is 4.79 Å². The normalized spacial score (nSPS) is 22.6. The van der Waals surface area contributed by atoms with Crippen molar-refractivity contribution in [2.75, 3.05) is 26.2 Å². The van der Waals surface area contributed by atoms with Gasteiger partial charge in [-0.25, -0.2) is 0 Å². The highest BCUT2D eigenvalue weighted by atomic mass is 16.2. The highest BCUT2D eigenvalue weighted by molar-refractivity contribution is 5.79. The monoisotopic (exact) mass is 264 g/mol. The smallest absolute Gasteiger partial charge is 0.226 e. The first-order chi connectivity index (χ1) is 9.22. The Kier molecular flexibility index (Phi) is 5.44. The summed E-state index contributed by atoms with van der Waals surface area (Å²) in [7, 11) is 0. The zero-order valence-corrected chi connectivity index (χ0v) is 12.2. The summed E-state index contributed by atoms with van der Waals surface area (Å²) in [5.41, 5.74) is 0. The Morgan fingerprint density at radius 1 is 1.37 bits per heavy atom. The van der Waals surface area contributed by atoms with Gasteiger partial charge in [0.1, 0.15) is 0 Å². The van der Waals surface area contributed by atoms with Crippen molar-refractivity contribution in [1.29, 1.82) is 0 Å². The molecule has 1 aliphatic heterocycles. The van der Waals surface area contributed by atoms with Crippen molar-refractivity contribution in [1.82, 2.24) is 10.2 Å². The van der Waals surface area contributed by atoms with Gasteiger partial charge in [-0.15, -0.1) is 6.58 Å². The molecule has 2 rings (SSSR count). The number of carbonyl (C=O) groups is 1. The maximum absolute atomic E-state index is 12.6. The molecule has 108 valence electrons. The molecule has 3 nitrogen and oxygen atoms in total. The summed E-state index contributed by atoms with van der Waals surface area (Å²) in [4.78, 5) is 14.6. The summed E-state index contributed by atoms with van der Waals surface area (Å²) in [6.07, 6.45) is 8.49. The third kappa shape index (κ3) is 3.82. The van der Waals surface area contributed by atoms with Gasteiger partial charge in [-0.1, -0.05) is 32.3 Å². The van der Waals surface area contributed by atoms with Gasteiger partial charge in [0.05, 0.1) is 0 Å². The van der Waals surface area contributed by atoms with E-state index in [0.29, 0.717) is 24.3 Å². The van der Waals surface area contributed by atoms with E-state index in [1.165, 1.54) is 32.1 Å². The van der Waals surface area contributed by atoms with Crippen LogP contribution >= 0.6 is 0 Å². The molecule has 2 fully saturated rings. The van der Waals surface area contributed by atoms with Gasteiger partial charge in [0.15, 0.2) is 0 Å². The molecule has 1 atom stereocenters. The van der Waals surface area contributed by atoms with Crippen molar-refractivity contribution in [3.8, 4) is 0 Å². The van der Waals surface area contributed by atoms with E-state index < -0.39 is 0 Å². The second-order valence-electron chi connectivity index (χ2n) is 6.24. The maximum atomic E-state index is 12.6. The number of hydrogen-bond acceptors (Lipinski definition) is 2. The van der Waals surface area contributed by atoms with E-state index in [-0.39, 0.29) is 5.92 Å². The molecule has 1 amide bonds. The summed E-state index contributed by atoms with van der Waals surface area (Å²) in [6, 6.07) is 0. The number of carbonyl (C=O) groups excluding carboxylic acids is 1. The van der Waals surface area contributed by atoms with Crippen molar-refractivity contribution >= 4 is 5.91 Å². The molecule has 2 aliphatic rings. The number of hydrogen-bond donors (Lipinski definition) is 1. The van der Waals surface area contributed by atoms with Crippen LogP contribution in [0.2, 0.25) is 0 Å². The van der Waals surface area contributed by atoms with E-state index in [9.17, 15) is 4.79 Å². The van der Waals surface area contributed by atoms with E-state index in [0.717, 1.165) is 19.6 Å². The highest BCUT2D eigenvalue weighted by Crippen LogP contribution is 2.26. The van der Waals surface area contributed by atoms with Gasteiger partial charge in [0, 0.05) is 19.0 Å². The van der Waals surface area contributed by atoms with E-state index >= 15 is 0 Å². The Morgan fingerprint density at radius 2 is 2.05 bits per heavy atom. The number of rotatable bonds is 6. The first kappa shape index (κ1) is 14.6. The number of nitrogens with one attached hydrogen (secondary N) is 1. The molecule has 0 aromatic heterocycles. The van der Waals surface area contributed by atoms with E-state index in [1.54, 1.807) is 0 Å². The third-order valence-electron chi connectivity index (χ3n) is 4.77. The molecule has 19 heavy (non-hydrogen) atoms. The van der Waals surface area contributed by atoms with Crippen LogP contribution in [0.1, 0.15) is 39.0 Å². The molecule has 1 aliphatic carbocycles. The van der Waals surface area contributed by atoms with Crippen LogP contribution in [0.3, 0.4) is 0 Å². The predicted octanol–water partition coefficient (Wildman–Crippen LogP) is 2.44. The highest BCUT2D eigenvalue weighted by Gasteiger charge is 2.32. The molecule has 1 saturated heterocycles. The SMILES string of the molecule is C=CCN(CC1CCCCC1)C(=O)C(C)C1CNC1. The third-order valence-corrected chi connectivity index (χ3v) is 4.77. The van der Waals surface area contributed by atoms with Gasteiger partial charge in [-0.05, 0) is 37.8 Å². The van der Waals surface area contributed by atoms with Crippen molar-refractivity contribution < 1.29 is 4.79 Å². The van der Waals surface area contributed by atoms with Crippen LogP contribution < -0.4 is 5.32 Å². The van der Waals surface area contributed by atoms with E-state index in [2.05, 4.69) is 18.8 Å². The van der Waals surface area contributed by atoms with Crippen molar-refractivity contribution in [3.05, 3.63) is 12.7 Å². The van der Waals surface area contributed by atoms with E-state index in [4.69, 9.17) is 0 Å². The molecule has 0 spiro atoms. The second-order valence-corrected chi connectivity index (χ2v) is 6.24. The molecule has 1 heterocycles. The minimum atomic E-state index is 0.157. The Morgan fingerprint density at radius 3 is 2.58 bits per heavy atom. The van der Waals surface area contributed by atoms with Crippen LogP contribution in [0.25, 0.3) is 0 Å². The van der Waals surface area contributed by atoms with Crippen molar-refractivity contribution in [2.45, 2.75) is 39.0 Å². The van der Waals surface area contributed by atoms with Crippen LogP contribution in [0.5, 0.6) is 0 Å². The molecular weight excluding hydrogens is 236 g/mol. The molecular formula is C16H28N2O. The molecule has 1 N–H and O–H groups in total. The Balaban J connectivity index is 1.89. The predicted molar refractivity (Wildman–Crippen MR) is 78.9 cm³/mol. The summed E-state index contributed by atoms with van der Waals surface area (Å²) < 4.78 is 0.